The predicted molar refractivity (Wildman–Crippen MR) is 66.2 cm³/mol. The number of halogens is 1. The number of carbonyl (C=O) groups is 1. The average Bonchev–Trinajstić information content (AvgIpc) is 2.27. The summed E-state index contributed by atoms with van der Waals surface area (Å²) in [6.07, 6.45) is 0.366. The van der Waals surface area contributed by atoms with E-state index in [4.69, 9.17) is 11.6 Å². The van der Waals surface area contributed by atoms with E-state index in [2.05, 4.69) is 25.6 Å². The van der Waals surface area contributed by atoms with Gasteiger partial charge in [0.2, 0.25) is 23.1 Å². The van der Waals surface area contributed by atoms with E-state index in [1.807, 2.05) is 0 Å². The maximum absolute atomic E-state index is 11.3. The number of hydrogen-bond acceptors (Lipinski definition) is 6. The molecule has 17 heavy (non-hydrogen) atoms. The van der Waals surface area contributed by atoms with Crippen molar-refractivity contribution in [2.75, 3.05) is 38.3 Å². The normalized spacial score (nSPS) is 9.88. The van der Waals surface area contributed by atoms with Crippen LogP contribution in [0.4, 0.5) is 11.9 Å². The molecular formula is C9H15ClN6O. The zero-order chi connectivity index (χ0) is 12.8. The minimum atomic E-state index is 0.0338. The highest BCUT2D eigenvalue weighted by Crippen LogP contribution is 2.08. The smallest absolute Gasteiger partial charge is 0.228 e. The van der Waals surface area contributed by atoms with Crippen LogP contribution < -0.4 is 10.6 Å². The number of nitrogens with one attached hydrogen (secondary N) is 2. The van der Waals surface area contributed by atoms with Crippen molar-refractivity contribution >= 4 is 29.4 Å². The van der Waals surface area contributed by atoms with Crippen LogP contribution >= 0.6 is 11.6 Å². The van der Waals surface area contributed by atoms with Gasteiger partial charge in [0, 0.05) is 34.1 Å². The molecule has 2 N–H and O–H groups in total. The second-order valence-corrected chi connectivity index (χ2v) is 3.80. The van der Waals surface area contributed by atoms with E-state index >= 15 is 0 Å². The molecule has 7 nitrogen and oxygen atoms in total. The molecule has 0 unspecified atom stereocenters. The second-order valence-electron chi connectivity index (χ2n) is 3.47. The Balaban J connectivity index is 2.52. The van der Waals surface area contributed by atoms with Crippen LogP contribution in [-0.4, -0.2) is 53.4 Å². The Morgan fingerprint density at radius 3 is 2.53 bits per heavy atom. The largest absolute Gasteiger partial charge is 0.357 e. The quantitative estimate of drug-likeness (QED) is 0.798. The number of anilines is 2. The lowest BCUT2D eigenvalue weighted by Gasteiger charge is -2.10. The molecule has 0 atom stereocenters. The highest BCUT2D eigenvalue weighted by atomic mass is 35.5. The highest BCUT2D eigenvalue weighted by Gasteiger charge is 2.06. The Labute approximate surface area is 105 Å². The van der Waals surface area contributed by atoms with Gasteiger partial charge in [-0.1, -0.05) is 0 Å². The van der Waals surface area contributed by atoms with Gasteiger partial charge in [-0.05, 0) is 11.6 Å². The molecule has 8 heteroatoms. The van der Waals surface area contributed by atoms with Crippen LogP contribution in [0.15, 0.2) is 0 Å². The van der Waals surface area contributed by atoms with E-state index in [0.717, 1.165) is 0 Å². The van der Waals surface area contributed by atoms with Crippen LogP contribution in [0.25, 0.3) is 0 Å². The summed E-state index contributed by atoms with van der Waals surface area (Å²) in [5.41, 5.74) is 0. The molecule has 0 spiro atoms. The Hall–Kier alpha value is -1.63. The molecule has 1 aromatic heterocycles. The lowest BCUT2D eigenvalue weighted by molar-refractivity contribution is -0.128. The Morgan fingerprint density at radius 1 is 1.29 bits per heavy atom. The zero-order valence-corrected chi connectivity index (χ0v) is 10.7. The third-order valence-corrected chi connectivity index (χ3v) is 2.12. The Morgan fingerprint density at radius 2 is 1.94 bits per heavy atom. The summed E-state index contributed by atoms with van der Waals surface area (Å²) in [5, 5.41) is 5.78. The molecule has 0 radical (unpaired) electrons. The fraction of sp³-hybridized carbons (Fsp3) is 0.556. The fourth-order valence-electron chi connectivity index (χ4n) is 1.05. The van der Waals surface area contributed by atoms with Crippen molar-refractivity contribution in [3.8, 4) is 0 Å². The van der Waals surface area contributed by atoms with Crippen molar-refractivity contribution in [3.63, 3.8) is 0 Å². The van der Waals surface area contributed by atoms with Gasteiger partial charge in [0.25, 0.3) is 0 Å². The van der Waals surface area contributed by atoms with Crippen LogP contribution in [0.3, 0.4) is 0 Å². The Kier molecular flexibility index (Phi) is 4.89. The summed E-state index contributed by atoms with van der Waals surface area (Å²) in [6, 6.07) is 0. The lowest BCUT2D eigenvalue weighted by atomic mass is 10.4. The fourth-order valence-corrected chi connectivity index (χ4v) is 1.21. The average molecular weight is 259 g/mol. The first-order chi connectivity index (χ1) is 8.02. The van der Waals surface area contributed by atoms with Crippen LogP contribution in [-0.2, 0) is 4.79 Å². The Bertz CT molecular complexity index is 397. The molecule has 0 bridgehead atoms. The minimum absolute atomic E-state index is 0.0338. The first-order valence-corrected chi connectivity index (χ1v) is 5.44. The molecular weight excluding hydrogens is 244 g/mol. The van der Waals surface area contributed by atoms with Gasteiger partial charge in [-0.3, -0.25) is 4.79 Å². The molecule has 0 aliphatic rings. The third kappa shape index (κ3) is 4.39. The molecule has 0 fully saturated rings. The van der Waals surface area contributed by atoms with Gasteiger partial charge in [0.05, 0.1) is 0 Å². The summed E-state index contributed by atoms with van der Waals surface area (Å²) >= 11 is 5.70. The summed E-state index contributed by atoms with van der Waals surface area (Å²) in [7, 11) is 5.10. The van der Waals surface area contributed by atoms with Crippen LogP contribution in [0.2, 0.25) is 5.28 Å². The molecule has 0 aliphatic carbocycles. The van der Waals surface area contributed by atoms with Gasteiger partial charge in [-0.2, -0.15) is 15.0 Å². The van der Waals surface area contributed by atoms with E-state index in [1.165, 1.54) is 4.90 Å². The number of rotatable bonds is 5. The number of aromatic nitrogens is 3. The molecule has 1 rings (SSSR count). The van der Waals surface area contributed by atoms with Gasteiger partial charge < -0.3 is 15.5 Å². The summed E-state index contributed by atoms with van der Waals surface area (Å²) in [4.78, 5) is 24.6. The molecule has 1 heterocycles. The van der Waals surface area contributed by atoms with Crippen LogP contribution in [0.1, 0.15) is 6.42 Å². The van der Waals surface area contributed by atoms with Gasteiger partial charge in [0.1, 0.15) is 0 Å². The van der Waals surface area contributed by atoms with E-state index in [9.17, 15) is 4.79 Å². The van der Waals surface area contributed by atoms with Crippen molar-refractivity contribution in [1.29, 1.82) is 0 Å². The SMILES string of the molecule is CNc1nc(Cl)nc(NCCC(=O)N(C)C)n1. The maximum Gasteiger partial charge on any atom is 0.228 e. The predicted octanol–water partition coefficient (Wildman–Crippen LogP) is 0.457. The molecule has 1 amide bonds. The second kappa shape index (κ2) is 6.19. The number of carbonyl (C=O) groups excluding carboxylic acids is 1. The van der Waals surface area contributed by atoms with Crippen molar-refractivity contribution in [2.45, 2.75) is 6.42 Å². The standard InChI is InChI=1S/C9H15ClN6O/c1-11-8-13-7(10)14-9(15-8)12-5-4-6(17)16(2)3/h4-5H2,1-3H3,(H2,11,12,13,14,15). The van der Waals surface area contributed by atoms with E-state index in [1.54, 1.807) is 21.1 Å². The monoisotopic (exact) mass is 258 g/mol. The summed E-state index contributed by atoms with van der Waals surface area (Å²) in [5.74, 6) is 0.763. The molecule has 1 aromatic rings. The van der Waals surface area contributed by atoms with Crippen molar-refractivity contribution in [3.05, 3.63) is 5.28 Å². The number of amides is 1. The van der Waals surface area contributed by atoms with Crippen molar-refractivity contribution in [1.82, 2.24) is 19.9 Å². The third-order valence-electron chi connectivity index (χ3n) is 1.95. The van der Waals surface area contributed by atoms with Crippen LogP contribution in [0, 0.1) is 0 Å². The minimum Gasteiger partial charge on any atom is -0.357 e. The molecule has 0 aromatic carbocycles. The van der Waals surface area contributed by atoms with Gasteiger partial charge in [-0.25, -0.2) is 0 Å². The first kappa shape index (κ1) is 13.4. The topological polar surface area (TPSA) is 83.0 Å². The molecule has 0 aliphatic heterocycles. The van der Waals surface area contributed by atoms with E-state index in [-0.39, 0.29) is 11.2 Å². The molecule has 0 saturated carbocycles. The van der Waals surface area contributed by atoms with Crippen LogP contribution in [0.5, 0.6) is 0 Å². The number of hydrogen-bond donors (Lipinski definition) is 2. The molecule has 0 saturated heterocycles. The van der Waals surface area contributed by atoms with Gasteiger partial charge in [-0.15, -0.1) is 0 Å². The van der Waals surface area contributed by atoms with Crippen molar-refractivity contribution < 1.29 is 4.79 Å². The zero-order valence-electron chi connectivity index (χ0n) is 9.99. The first-order valence-electron chi connectivity index (χ1n) is 5.06. The summed E-state index contributed by atoms with van der Waals surface area (Å²) in [6.45, 7) is 0.445. The lowest BCUT2D eigenvalue weighted by Crippen LogP contribution is -2.24. The van der Waals surface area contributed by atoms with E-state index < -0.39 is 0 Å². The highest BCUT2D eigenvalue weighted by molar-refractivity contribution is 6.28. The van der Waals surface area contributed by atoms with Gasteiger partial charge in [0.15, 0.2) is 0 Å². The number of nitrogens with zero attached hydrogens (tertiary/aromatic N) is 4. The van der Waals surface area contributed by atoms with E-state index in [0.29, 0.717) is 24.9 Å². The van der Waals surface area contributed by atoms with Crippen molar-refractivity contribution in [2.24, 2.45) is 0 Å². The van der Waals surface area contributed by atoms with Gasteiger partial charge >= 0.3 is 0 Å². The maximum atomic E-state index is 11.3. The summed E-state index contributed by atoms with van der Waals surface area (Å²) < 4.78 is 0. The molecule has 94 valence electrons.